The monoisotopic (exact) mass is 363 g/mol. The topological polar surface area (TPSA) is 48.7 Å². The SMILES string of the molecule is O=C(c1ccccc1)N1CCN(C[C@@H](O)Cn2ccc3ccccc32)CC1. The highest BCUT2D eigenvalue weighted by atomic mass is 16.3. The molecule has 0 radical (unpaired) electrons. The molecule has 5 heteroatoms. The summed E-state index contributed by atoms with van der Waals surface area (Å²) in [5, 5.41) is 11.7. The zero-order chi connectivity index (χ0) is 18.6. The van der Waals surface area contributed by atoms with Gasteiger partial charge in [0.25, 0.3) is 5.91 Å². The van der Waals surface area contributed by atoms with Crippen molar-refractivity contribution in [3.05, 3.63) is 72.4 Å². The number of amides is 1. The van der Waals surface area contributed by atoms with Gasteiger partial charge >= 0.3 is 0 Å². The summed E-state index contributed by atoms with van der Waals surface area (Å²) in [4.78, 5) is 16.7. The van der Waals surface area contributed by atoms with E-state index >= 15 is 0 Å². The van der Waals surface area contributed by atoms with Gasteiger partial charge in [0, 0.05) is 56.5 Å². The standard InChI is InChI=1S/C22H25N3O2/c26-20(17-25-11-10-18-6-4-5-9-21(18)25)16-23-12-14-24(15-13-23)22(27)19-7-2-1-3-8-19/h1-11,20,26H,12-17H2/t20-/m1/s1. The molecule has 0 unspecified atom stereocenters. The number of piperazine rings is 1. The molecule has 1 N–H and O–H groups in total. The van der Waals surface area contributed by atoms with E-state index in [4.69, 9.17) is 0 Å². The number of nitrogens with zero attached hydrogens (tertiary/aromatic N) is 3. The number of aliphatic hydroxyl groups excluding tert-OH is 1. The molecule has 2 heterocycles. The van der Waals surface area contributed by atoms with E-state index in [2.05, 4.69) is 27.7 Å². The molecule has 1 aromatic heterocycles. The Morgan fingerprint density at radius 2 is 1.59 bits per heavy atom. The molecular weight excluding hydrogens is 338 g/mol. The fourth-order valence-corrected chi connectivity index (χ4v) is 3.78. The van der Waals surface area contributed by atoms with Gasteiger partial charge in [0.15, 0.2) is 0 Å². The van der Waals surface area contributed by atoms with E-state index < -0.39 is 6.10 Å². The molecule has 0 saturated carbocycles. The predicted molar refractivity (Wildman–Crippen MR) is 107 cm³/mol. The Morgan fingerprint density at radius 1 is 0.889 bits per heavy atom. The van der Waals surface area contributed by atoms with Crippen molar-refractivity contribution in [2.24, 2.45) is 0 Å². The van der Waals surface area contributed by atoms with Crippen LogP contribution in [0.25, 0.3) is 10.9 Å². The first-order valence-corrected chi connectivity index (χ1v) is 9.49. The van der Waals surface area contributed by atoms with Gasteiger partial charge in [-0.3, -0.25) is 9.69 Å². The van der Waals surface area contributed by atoms with Crippen LogP contribution in [0.3, 0.4) is 0 Å². The van der Waals surface area contributed by atoms with Crippen LogP contribution >= 0.6 is 0 Å². The highest BCUT2D eigenvalue weighted by Gasteiger charge is 2.23. The second-order valence-corrected chi connectivity index (χ2v) is 7.14. The van der Waals surface area contributed by atoms with E-state index in [1.807, 2.05) is 53.6 Å². The van der Waals surface area contributed by atoms with E-state index in [-0.39, 0.29) is 5.91 Å². The van der Waals surface area contributed by atoms with Crippen molar-refractivity contribution in [2.75, 3.05) is 32.7 Å². The molecule has 3 aromatic rings. The lowest BCUT2D eigenvalue weighted by Gasteiger charge is -2.35. The first-order chi connectivity index (χ1) is 13.2. The van der Waals surface area contributed by atoms with Gasteiger partial charge in [-0.25, -0.2) is 0 Å². The first kappa shape index (κ1) is 17.8. The Hall–Kier alpha value is -2.63. The van der Waals surface area contributed by atoms with Crippen LogP contribution in [-0.2, 0) is 6.54 Å². The minimum Gasteiger partial charge on any atom is -0.390 e. The number of hydrogen-bond donors (Lipinski definition) is 1. The molecule has 0 spiro atoms. The molecule has 1 aliphatic rings. The second kappa shape index (κ2) is 7.94. The Balaban J connectivity index is 1.29. The van der Waals surface area contributed by atoms with Crippen molar-refractivity contribution in [2.45, 2.75) is 12.6 Å². The summed E-state index contributed by atoms with van der Waals surface area (Å²) in [5.41, 5.74) is 1.89. The fourth-order valence-electron chi connectivity index (χ4n) is 3.78. The molecule has 140 valence electrons. The van der Waals surface area contributed by atoms with Crippen LogP contribution in [0.5, 0.6) is 0 Å². The second-order valence-electron chi connectivity index (χ2n) is 7.14. The lowest BCUT2D eigenvalue weighted by atomic mass is 10.2. The van der Waals surface area contributed by atoms with Gasteiger partial charge in [0.2, 0.25) is 0 Å². The smallest absolute Gasteiger partial charge is 0.253 e. The molecule has 4 rings (SSSR count). The van der Waals surface area contributed by atoms with Gasteiger partial charge in [-0.15, -0.1) is 0 Å². The van der Waals surface area contributed by atoms with Gasteiger partial charge in [-0.05, 0) is 29.7 Å². The zero-order valence-electron chi connectivity index (χ0n) is 15.4. The Labute approximate surface area is 159 Å². The first-order valence-electron chi connectivity index (χ1n) is 9.49. The number of carbonyl (C=O) groups is 1. The van der Waals surface area contributed by atoms with Gasteiger partial charge < -0.3 is 14.6 Å². The number of aliphatic hydroxyl groups is 1. The van der Waals surface area contributed by atoms with Crippen LogP contribution in [0.2, 0.25) is 0 Å². The highest BCUT2D eigenvalue weighted by Crippen LogP contribution is 2.16. The summed E-state index contributed by atoms with van der Waals surface area (Å²) >= 11 is 0. The number of carbonyl (C=O) groups excluding carboxylic acids is 1. The summed E-state index contributed by atoms with van der Waals surface area (Å²) in [6.07, 6.45) is 1.60. The van der Waals surface area contributed by atoms with Crippen molar-refractivity contribution >= 4 is 16.8 Å². The molecule has 27 heavy (non-hydrogen) atoms. The molecule has 1 saturated heterocycles. The summed E-state index contributed by atoms with van der Waals surface area (Å²) in [6.45, 7) is 4.19. The summed E-state index contributed by atoms with van der Waals surface area (Å²) in [6, 6.07) is 19.7. The van der Waals surface area contributed by atoms with Gasteiger partial charge in [-0.1, -0.05) is 36.4 Å². The van der Waals surface area contributed by atoms with Crippen LogP contribution in [0.15, 0.2) is 66.9 Å². The summed E-state index contributed by atoms with van der Waals surface area (Å²) in [5.74, 6) is 0.0922. The third kappa shape index (κ3) is 4.04. The molecule has 0 aliphatic carbocycles. The maximum absolute atomic E-state index is 12.5. The minimum absolute atomic E-state index is 0.0922. The Morgan fingerprint density at radius 3 is 2.37 bits per heavy atom. The van der Waals surface area contributed by atoms with Crippen molar-refractivity contribution in [1.29, 1.82) is 0 Å². The van der Waals surface area contributed by atoms with Crippen molar-refractivity contribution in [3.8, 4) is 0 Å². The van der Waals surface area contributed by atoms with E-state index in [9.17, 15) is 9.90 Å². The Bertz CT molecular complexity index is 898. The normalized spacial score (nSPS) is 16.6. The van der Waals surface area contributed by atoms with Crippen LogP contribution in [0, 0.1) is 0 Å². The van der Waals surface area contributed by atoms with Crippen molar-refractivity contribution in [3.63, 3.8) is 0 Å². The minimum atomic E-state index is -0.433. The van der Waals surface area contributed by atoms with Crippen molar-refractivity contribution in [1.82, 2.24) is 14.4 Å². The van der Waals surface area contributed by atoms with Crippen molar-refractivity contribution < 1.29 is 9.90 Å². The number of β-amino-alcohol motifs (C(OH)–C–C–N with tert-alkyl or cyclic N) is 1. The molecule has 1 fully saturated rings. The van der Waals surface area contributed by atoms with E-state index in [1.165, 1.54) is 5.39 Å². The van der Waals surface area contributed by atoms with Crippen LogP contribution in [0.1, 0.15) is 10.4 Å². The maximum Gasteiger partial charge on any atom is 0.253 e. The summed E-state index contributed by atoms with van der Waals surface area (Å²) < 4.78 is 2.11. The fraction of sp³-hybridized carbons (Fsp3) is 0.318. The summed E-state index contributed by atoms with van der Waals surface area (Å²) in [7, 11) is 0. The number of aromatic nitrogens is 1. The largest absolute Gasteiger partial charge is 0.390 e. The molecule has 1 aliphatic heterocycles. The third-order valence-electron chi connectivity index (χ3n) is 5.24. The van der Waals surface area contributed by atoms with E-state index in [0.717, 1.165) is 24.2 Å². The lowest BCUT2D eigenvalue weighted by molar-refractivity contribution is 0.0501. The lowest BCUT2D eigenvalue weighted by Crippen LogP contribution is -2.50. The van der Waals surface area contributed by atoms with Crippen LogP contribution in [0.4, 0.5) is 0 Å². The number of para-hydroxylation sites is 1. The van der Waals surface area contributed by atoms with Gasteiger partial charge in [-0.2, -0.15) is 0 Å². The molecule has 2 aromatic carbocycles. The molecule has 5 nitrogen and oxygen atoms in total. The number of hydrogen-bond acceptors (Lipinski definition) is 3. The van der Waals surface area contributed by atoms with E-state index in [0.29, 0.717) is 26.2 Å². The average Bonchev–Trinajstić information content (AvgIpc) is 3.11. The van der Waals surface area contributed by atoms with Crippen LogP contribution < -0.4 is 0 Å². The van der Waals surface area contributed by atoms with Gasteiger partial charge in [0.05, 0.1) is 6.10 Å². The molecular formula is C22H25N3O2. The number of rotatable bonds is 5. The predicted octanol–water partition coefficient (Wildman–Crippen LogP) is 2.46. The quantitative estimate of drug-likeness (QED) is 0.758. The number of fused-ring (bicyclic) bond motifs is 1. The molecule has 0 bridgehead atoms. The average molecular weight is 363 g/mol. The Kier molecular flexibility index (Phi) is 5.23. The van der Waals surface area contributed by atoms with Gasteiger partial charge in [0.1, 0.15) is 0 Å². The number of benzene rings is 2. The third-order valence-corrected chi connectivity index (χ3v) is 5.24. The zero-order valence-corrected chi connectivity index (χ0v) is 15.4. The maximum atomic E-state index is 12.5. The molecule has 1 amide bonds. The van der Waals surface area contributed by atoms with Crippen LogP contribution in [-0.4, -0.2) is 64.2 Å². The highest BCUT2D eigenvalue weighted by molar-refractivity contribution is 5.94. The molecule has 1 atom stereocenters. The van der Waals surface area contributed by atoms with E-state index in [1.54, 1.807) is 0 Å².